The van der Waals surface area contributed by atoms with Crippen LogP contribution in [0.2, 0.25) is 0 Å². The summed E-state index contributed by atoms with van der Waals surface area (Å²) in [5.41, 5.74) is 8.03. The quantitative estimate of drug-likeness (QED) is 0.800. The van der Waals surface area contributed by atoms with Crippen molar-refractivity contribution in [3.63, 3.8) is 0 Å². The molecule has 0 aliphatic carbocycles. The van der Waals surface area contributed by atoms with Gasteiger partial charge in [0.2, 0.25) is 0 Å². The maximum Gasteiger partial charge on any atom is 0.163 e. The molecule has 0 saturated carbocycles. The van der Waals surface area contributed by atoms with Crippen molar-refractivity contribution in [1.29, 1.82) is 0 Å². The monoisotopic (exact) mass is 327 g/mol. The van der Waals surface area contributed by atoms with Crippen molar-refractivity contribution >= 4 is 11.0 Å². The van der Waals surface area contributed by atoms with Crippen molar-refractivity contribution in [2.24, 2.45) is 5.73 Å². The predicted octanol–water partition coefficient (Wildman–Crippen LogP) is 2.50. The van der Waals surface area contributed by atoms with Crippen LogP contribution in [0.4, 0.5) is 4.39 Å². The number of nitrogens with two attached hydrogens (primary N) is 1. The minimum atomic E-state index is -0.226. The summed E-state index contributed by atoms with van der Waals surface area (Å²) in [6, 6.07) is 10.6. The number of imidazole rings is 1. The van der Waals surface area contributed by atoms with E-state index in [1.807, 2.05) is 22.8 Å². The first-order chi connectivity index (χ1) is 11.8. The maximum atomic E-state index is 14.1. The zero-order valence-electron chi connectivity index (χ0n) is 13.2. The van der Waals surface area contributed by atoms with Gasteiger partial charge in [0.05, 0.1) is 17.6 Å². The van der Waals surface area contributed by atoms with Crippen molar-refractivity contribution in [3.8, 4) is 11.5 Å². The third kappa shape index (κ3) is 2.59. The van der Waals surface area contributed by atoms with E-state index in [0.29, 0.717) is 49.8 Å². The highest BCUT2D eigenvalue weighted by molar-refractivity contribution is 5.81. The minimum absolute atomic E-state index is 0.226. The lowest BCUT2D eigenvalue weighted by Crippen LogP contribution is -2.15. The van der Waals surface area contributed by atoms with Crippen molar-refractivity contribution in [3.05, 3.63) is 53.6 Å². The molecule has 0 unspecified atom stereocenters. The average Bonchev–Trinajstić information content (AvgIpc) is 2.92. The first-order valence-electron chi connectivity index (χ1n) is 7.98. The second-order valence-electron chi connectivity index (χ2n) is 5.73. The van der Waals surface area contributed by atoms with E-state index in [2.05, 4.69) is 4.98 Å². The van der Waals surface area contributed by atoms with E-state index >= 15 is 0 Å². The summed E-state index contributed by atoms with van der Waals surface area (Å²) in [6.45, 7) is 1.94. The highest BCUT2D eigenvalue weighted by atomic mass is 19.1. The highest BCUT2D eigenvalue weighted by Crippen LogP contribution is 2.35. The number of rotatable bonds is 4. The standard InChI is InChI=1S/C18H18FN3O2/c19-13-4-2-1-3-12(13)11-22-15-10-17-16(23-7-8-24-17)9-14(15)21-18(22)5-6-20/h1-4,9-10H,5-8,11,20H2. The molecule has 1 aliphatic heterocycles. The van der Waals surface area contributed by atoms with Gasteiger partial charge in [-0.15, -0.1) is 0 Å². The largest absolute Gasteiger partial charge is 0.486 e. The normalized spacial score (nSPS) is 13.4. The van der Waals surface area contributed by atoms with Crippen LogP contribution in [-0.2, 0) is 13.0 Å². The molecule has 2 N–H and O–H groups in total. The molecule has 2 heterocycles. The van der Waals surface area contributed by atoms with Gasteiger partial charge < -0.3 is 19.8 Å². The molecule has 5 nitrogen and oxygen atoms in total. The van der Waals surface area contributed by atoms with E-state index in [0.717, 1.165) is 16.9 Å². The molecule has 0 radical (unpaired) electrons. The van der Waals surface area contributed by atoms with Gasteiger partial charge in [-0.05, 0) is 12.6 Å². The van der Waals surface area contributed by atoms with E-state index in [4.69, 9.17) is 15.2 Å². The van der Waals surface area contributed by atoms with Crippen molar-refractivity contribution in [2.45, 2.75) is 13.0 Å². The number of benzene rings is 2. The van der Waals surface area contributed by atoms with E-state index in [9.17, 15) is 4.39 Å². The van der Waals surface area contributed by atoms with Crippen LogP contribution in [0.15, 0.2) is 36.4 Å². The number of nitrogens with zero attached hydrogens (tertiary/aromatic N) is 2. The number of fused-ring (bicyclic) bond motifs is 2. The Morgan fingerprint density at radius 2 is 1.88 bits per heavy atom. The van der Waals surface area contributed by atoms with Gasteiger partial charge in [0.1, 0.15) is 24.9 Å². The predicted molar refractivity (Wildman–Crippen MR) is 89.0 cm³/mol. The first-order valence-corrected chi connectivity index (χ1v) is 7.98. The Labute approximate surface area is 138 Å². The van der Waals surface area contributed by atoms with Crippen LogP contribution in [0.1, 0.15) is 11.4 Å². The van der Waals surface area contributed by atoms with E-state index in [1.165, 1.54) is 6.07 Å². The van der Waals surface area contributed by atoms with Gasteiger partial charge in [0, 0.05) is 24.1 Å². The lowest BCUT2D eigenvalue weighted by Gasteiger charge is -2.18. The fourth-order valence-corrected chi connectivity index (χ4v) is 3.00. The molecule has 2 aromatic carbocycles. The first kappa shape index (κ1) is 15.0. The SMILES string of the molecule is NCCc1nc2cc3c(cc2n1Cc1ccccc1F)OCCO3. The molecular formula is C18H18FN3O2. The Bertz CT molecular complexity index is 891. The summed E-state index contributed by atoms with van der Waals surface area (Å²) >= 11 is 0. The van der Waals surface area contributed by atoms with Crippen molar-refractivity contribution < 1.29 is 13.9 Å². The smallest absolute Gasteiger partial charge is 0.163 e. The summed E-state index contributed by atoms with van der Waals surface area (Å²) in [5, 5.41) is 0. The zero-order valence-corrected chi connectivity index (χ0v) is 13.2. The summed E-state index contributed by atoms with van der Waals surface area (Å²) in [4.78, 5) is 4.66. The van der Waals surface area contributed by atoms with Gasteiger partial charge in [-0.3, -0.25) is 0 Å². The average molecular weight is 327 g/mol. The number of aromatic nitrogens is 2. The second kappa shape index (κ2) is 6.13. The lowest BCUT2D eigenvalue weighted by molar-refractivity contribution is 0.172. The molecule has 0 saturated heterocycles. The van der Waals surface area contributed by atoms with E-state index in [1.54, 1.807) is 12.1 Å². The van der Waals surface area contributed by atoms with E-state index in [-0.39, 0.29) is 5.82 Å². The Balaban J connectivity index is 1.85. The van der Waals surface area contributed by atoms with Gasteiger partial charge in [0.25, 0.3) is 0 Å². The molecule has 1 aromatic heterocycles. The third-order valence-corrected chi connectivity index (χ3v) is 4.15. The Morgan fingerprint density at radius 1 is 1.12 bits per heavy atom. The summed E-state index contributed by atoms with van der Waals surface area (Å²) in [5.74, 6) is 2.00. The van der Waals surface area contributed by atoms with Gasteiger partial charge in [0.15, 0.2) is 11.5 Å². The number of halogens is 1. The van der Waals surface area contributed by atoms with Crippen LogP contribution in [0.3, 0.4) is 0 Å². The summed E-state index contributed by atoms with van der Waals surface area (Å²) < 4.78 is 27.4. The lowest BCUT2D eigenvalue weighted by atomic mass is 10.2. The van der Waals surface area contributed by atoms with Gasteiger partial charge >= 0.3 is 0 Å². The Kier molecular flexibility index (Phi) is 3.82. The van der Waals surface area contributed by atoms with Gasteiger partial charge in [-0.25, -0.2) is 9.37 Å². The van der Waals surface area contributed by atoms with Crippen LogP contribution < -0.4 is 15.2 Å². The number of hydrogen-bond donors (Lipinski definition) is 1. The Hall–Kier alpha value is -2.60. The van der Waals surface area contributed by atoms with Crippen molar-refractivity contribution in [2.75, 3.05) is 19.8 Å². The number of ether oxygens (including phenoxy) is 2. The molecule has 0 fully saturated rings. The maximum absolute atomic E-state index is 14.1. The van der Waals surface area contributed by atoms with Crippen molar-refractivity contribution in [1.82, 2.24) is 9.55 Å². The molecule has 0 atom stereocenters. The number of hydrogen-bond acceptors (Lipinski definition) is 4. The molecule has 6 heteroatoms. The molecular weight excluding hydrogens is 309 g/mol. The summed E-state index contributed by atoms with van der Waals surface area (Å²) in [7, 11) is 0. The molecule has 0 bridgehead atoms. The molecule has 24 heavy (non-hydrogen) atoms. The van der Waals surface area contributed by atoms with E-state index < -0.39 is 0 Å². The molecule has 3 aromatic rings. The molecule has 0 spiro atoms. The van der Waals surface area contributed by atoms with Gasteiger partial charge in [-0.2, -0.15) is 0 Å². The second-order valence-corrected chi connectivity index (χ2v) is 5.73. The van der Waals surface area contributed by atoms with Crippen LogP contribution in [-0.4, -0.2) is 29.3 Å². The van der Waals surface area contributed by atoms with Crippen LogP contribution >= 0.6 is 0 Å². The fraction of sp³-hybridized carbons (Fsp3) is 0.278. The highest BCUT2D eigenvalue weighted by Gasteiger charge is 2.18. The molecule has 124 valence electrons. The summed E-state index contributed by atoms with van der Waals surface area (Å²) in [6.07, 6.45) is 0.621. The minimum Gasteiger partial charge on any atom is -0.486 e. The van der Waals surface area contributed by atoms with Gasteiger partial charge in [-0.1, -0.05) is 18.2 Å². The topological polar surface area (TPSA) is 62.3 Å². The third-order valence-electron chi connectivity index (χ3n) is 4.15. The van der Waals surface area contributed by atoms with Crippen LogP contribution in [0, 0.1) is 5.82 Å². The molecule has 4 rings (SSSR count). The zero-order chi connectivity index (χ0) is 16.5. The van der Waals surface area contributed by atoms with Crippen LogP contribution in [0.5, 0.6) is 11.5 Å². The molecule has 0 amide bonds. The Morgan fingerprint density at radius 3 is 2.62 bits per heavy atom. The fourth-order valence-electron chi connectivity index (χ4n) is 3.00. The molecule has 1 aliphatic rings. The van der Waals surface area contributed by atoms with Crippen LogP contribution in [0.25, 0.3) is 11.0 Å².